The molecule has 0 radical (unpaired) electrons. The molecule has 7 aliphatic rings. The molecule has 7 rings (SSSR count). The van der Waals surface area contributed by atoms with Crippen molar-refractivity contribution in [3.05, 3.63) is 0 Å². The van der Waals surface area contributed by atoms with E-state index >= 15 is 0 Å². The molecule has 1 saturated heterocycles. The van der Waals surface area contributed by atoms with Crippen LogP contribution in [0.2, 0.25) is 0 Å². The van der Waals surface area contributed by atoms with Crippen LogP contribution in [-0.2, 0) is 28.6 Å². The fourth-order valence-electron chi connectivity index (χ4n) is 11.5. The molecular weight excluding hydrogens is 540 g/mol. The molecule has 0 N–H and O–H groups in total. The van der Waals surface area contributed by atoms with Crippen LogP contribution in [0, 0.1) is 71.0 Å². The molecule has 0 spiro atoms. The van der Waals surface area contributed by atoms with Crippen LogP contribution in [0.5, 0.6) is 0 Å². The van der Waals surface area contributed by atoms with Crippen molar-refractivity contribution in [2.75, 3.05) is 6.61 Å². The zero-order chi connectivity index (χ0) is 27.1. The van der Waals surface area contributed by atoms with Crippen molar-refractivity contribution < 1.29 is 28.6 Å². The predicted molar refractivity (Wildman–Crippen MR) is 171 cm³/mol. The lowest BCUT2D eigenvalue weighted by atomic mass is 9.61. The number of esters is 3. The molecule has 6 aliphatic carbocycles. The van der Waals surface area contributed by atoms with Crippen molar-refractivity contribution >= 4 is 17.9 Å². The van der Waals surface area contributed by atoms with Gasteiger partial charge >= 0.3 is 17.9 Å². The minimum Gasteiger partial charge on any atom is -0.463 e. The Morgan fingerprint density at radius 1 is 0.744 bits per heavy atom. The van der Waals surface area contributed by atoms with Crippen LogP contribution >= 0.6 is 0 Å². The summed E-state index contributed by atoms with van der Waals surface area (Å²) in [6, 6.07) is 0. The first-order valence-corrected chi connectivity index (χ1v) is 16.3. The number of carbonyl (C=O) groups excluding carboxylic acids is 3. The van der Waals surface area contributed by atoms with Crippen molar-refractivity contribution in [3.8, 4) is 0 Å². The van der Waals surface area contributed by atoms with Crippen LogP contribution in [-0.4, -0.2) is 36.2 Å². The smallest absolute Gasteiger partial charge is 0.347 e. The summed E-state index contributed by atoms with van der Waals surface area (Å²) in [6.07, 6.45) is 12.6. The Bertz CT molecular complexity index is 1010. The van der Waals surface area contributed by atoms with Gasteiger partial charge in [0.2, 0.25) is 6.10 Å². The highest BCUT2D eigenvalue weighted by Crippen LogP contribution is 2.66. The second kappa shape index (κ2) is 13.4. The topological polar surface area (TPSA) is 78.9 Å². The summed E-state index contributed by atoms with van der Waals surface area (Å²) < 4.78 is 17.1. The molecule has 0 amide bonds. The largest absolute Gasteiger partial charge is 0.463 e. The van der Waals surface area contributed by atoms with Gasteiger partial charge in [-0.05, 0) is 111 Å². The molecule has 1 heterocycles. The maximum absolute atomic E-state index is 13.8. The Labute approximate surface area is 263 Å². The maximum atomic E-state index is 13.8. The first-order chi connectivity index (χ1) is 18.7. The minimum atomic E-state index is -0.713. The van der Waals surface area contributed by atoms with Gasteiger partial charge in [-0.15, -0.1) is 0 Å². The SMILES string of the molecule is C.C.C.C.CC1C2CC(CC2C(=O)OC2CCOC2=O)C1C1C(C)C2CC(C(=O)OC3(C)CCC4CCCCC4C3)C1C2. The van der Waals surface area contributed by atoms with E-state index in [1.807, 2.05) is 0 Å². The zero-order valence-corrected chi connectivity index (χ0v) is 24.1. The molecule has 0 aromatic heterocycles. The van der Waals surface area contributed by atoms with Crippen LogP contribution in [0.3, 0.4) is 0 Å². The van der Waals surface area contributed by atoms with Crippen LogP contribution in [0.15, 0.2) is 0 Å². The fraction of sp³-hybridized carbons (Fsp3) is 0.919. The lowest BCUT2D eigenvalue weighted by molar-refractivity contribution is -0.174. The summed E-state index contributed by atoms with van der Waals surface area (Å²) in [5.41, 5.74) is -0.280. The Hall–Kier alpha value is -1.59. The average molecular weight is 605 g/mol. The maximum Gasteiger partial charge on any atom is 0.347 e. The Morgan fingerprint density at radius 3 is 2.05 bits per heavy atom. The highest BCUT2D eigenvalue weighted by molar-refractivity contribution is 5.82. The molecule has 6 heteroatoms. The third kappa shape index (κ3) is 6.03. The monoisotopic (exact) mass is 604 g/mol. The van der Waals surface area contributed by atoms with Gasteiger partial charge < -0.3 is 14.2 Å². The zero-order valence-electron chi connectivity index (χ0n) is 24.1. The Kier molecular flexibility index (Phi) is 11.2. The van der Waals surface area contributed by atoms with E-state index in [4.69, 9.17) is 14.2 Å². The van der Waals surface area contributed by atoms with E-state index in [1.54, 1.807) is 0 Å². The molecule has 14 atom stereocenters. The summed E-state index contributed by atoms with van der Waals surface area (Å²) in [7, 11) is 0. The number of cyclic esters (lactones) is 1. The van der Waals surface area contributed by atoms with Gasteiger partial charge in [-0.2, -0.15) is 0 Å². The number of hydrogen-bond donors (Lipinski definition) is 0. The molecular formula is C37H64O6. The van der Waals surface area contributed by atoms with E-state index in [-0.39, 0.29) is 59.1 Å². The van der Waals surface area contributed by atoms with Gasteiger partial charge in [0.25, 0.3) is 0 Å². The molecule has 4 bridgehead atoms. The number of hydrogen-bond acceptors (Lipinski definition) is 6. The van der Waals surface area contributed by atoms with Gasteiger partial charge in [0.05, 0.1) is 18.4 Å². The van der Waals surface area contributed by atoms with Gasteiger partial charge in [-0.1, -0.05) is 69.2 Å². The first-order valence-electron chi connectivity index (χ1n) is 16.3. The average Bonchev–Trinajstić information content (AvgIpc) is 3.72. The normalized spacial score (nSPS) is 47.1. The summed E-state index contributed by atoms with van der Waals surface area (Å²) in [4.78, 5) is 38.7. The van der Waals surface area contributed by atoms with E-state index in [0.717, 1.165) is 43.9 Å². The standard InChI is InChI=1S/C33H48O6.4CH4/c1-17-21-12-24(26(13-21)31(35)39-33(3)10-8-19-6-4-5-7-20(19)16-33)29(17)28-18(2)23-14-22(28)15-25(23)30(34)38-27-9-11-37-32(27)36;;;;/h17-29H,4-16H2,1-3H3;4*1H4. The van der Waals surface area contributed by atoms with Crippen molar-refractivity contribution in [2.45, 2.75) is 139 Å². The Morgan fingerprint density at radius 2 is 1.40 bits per heavy atom. The van der Waals surface area contributed by atoms with E-state index in [9.17, 15) is 14.4 Å². The lowest BCUT2D eigenvalue weighted by Gasteiger charge is -2.46. The molecule has 0 aromatic carbocycles. The van der Waals surface area contributed by atoms with Crippen LogP contribution in [0.25, 0.3) is 0 Å². The third-order valence-corrected chi connectivity index (χ3v) is 13.3. The molecule has 43 heavy (non-hydrogen) atoms. The van der Waals surface area contributed by atoms with Crippen molar-refractivity contribution in [3.63, 3.8) is 0 Å². The molecule has 6 saturated carbocycles. The molecule has 6 nitrogen and oxygen atoms in total. The van der Waals surface area contributed by atoms with Gasteiger partial charge in [0.1, 0.15) is 5.60 Å². The van der Waals surface area contributed by atoms with E-state index < -0.39 is 12.1 Å². The highest BCUT2D eigenvalue weighted by atomic mass is 16.6. The summed E-state index contributed by atoms with van der Waals surface area (Å²) >= 11 is 0. The molecule has 1 aliphatic heterocycles. The summed E-state index contributed by atoms with van der Waals surface area (Å²) in [6.45, 7) is 7.33. The molecule has 14 unspecified atom stereocenters. The van der Waals surface area contributed by atoms with Gasteiger partial charge in [-0.25, -0.2) is 4.79 Å². The van der Waals surface area contributed by atoms with Crippen LogP contribution in [0.4, 0.5) is 0 Å². The number of carbonyl (C=O) groups is 3. The molecule has 0 aromatic rings. The van der Waals surface area contributed by atoms with Gasteiger partial charge in [-0.3, -0.25) is 9.59 Å². The van der Waals surface area contributed by atoms with Crippen molar-refractivity contribution in [1.82, 2.24) is 0 Å². The Balaban J connectivity index is 0.00000127. The number of rotatable bonds is 5. The van der Waals surface area contributed by atoms with E-state index in [1.165, 1.54) is 38.5 Å². The molecule has 248 valence electrons. The number of fused-ring (bicyclic) bond motifs is 5. The highest BCUT2D eigenvalue weighted by Gasteiger charge is 2.63. The van der Waals surface area contributed by atoms with Crippen LogP contribution < -0.4 is 0 Å². The summed E-state index contributed by atoms with van der Waals surface area (Å²) in [5, 5.41) is 0. The van der Waals surface area contributed by atoms with Crippen LogP contribution in [0.1, 0.15) is 128 Å². The minimum absolute atomic E-state index is 0. The van der Waals surface area contributed by atoms with E-state index in [2.05, 4.69) is 20.8 Å². The predicted octanol–water partition coefficient (Wildman–Crippen LogP) is 8.50. The second-order valence-corrected chi connectivity index (χ2v) is 15.2. The third-order valence-electron chi connectivity index (χ3n) is 13.3. The fourth-order valence-corrected chi connectivity index (χ4v) is 11.5. The molecule has 7 fully saturated rings. The first kappa shape index (κ1) is 35.9. The summed E-state index contributed by atoms with van der Waals surface area (Å²) in [5.74, 6) is 5.15. The van der Waals surface area contributed by atoms with Gasteiger partial charge in [0.15, 0.2) is 0 Å². The number of ether oxygens (including phenoxy) is 3. The van der Waals surface area contributed by atoms with Crippen molar-refractivity contribution in [1.29, 1.82) is 0 Å². The van der Waals surface area contributed by atoms with Crippen molar-refractivity contribution in [2.24, 2.45) is 71.0 Å². The van der Waals surface area contributed by atoms with E-state index in [0.29, 0.717) is 60.4 Å². The second-order valence-electron chi connectivity index (χ2n) is 15.2. The lowest BCUT2D eigenvalue weighted by Crippen LogP contribution is -2.46. The van der Waals surface area contributed by atoms with Gasteiger partial charge in [0, 0.05) is 6.42 Å². The quantitative estimate of drug-likeness (QED) is 0.231.